The van der Waals surface area contributed by atoms with E-state index in [0.717, 1.165) is 17.0 Å². The number of rotatable bonds is 1. The number of hydrogen-bond acceptors (Lipinski definition) is 3. The van der Waals surface area contributed by atoms with Crippen LogP contribution in [0.5, 0.6) is 0 Å². The van der Waals surface area contributed by atoms with Gasteiger partial charge in [-0.25, -0.2) is 4.79 Å². The second-order valence-electron chi connectivity index (χ2n) is 7.41. The fourth-order valence-corrected chi connectivity index (χ4v) is 4.13. The third-order valence-electron chi connectivity index (χ3n) is 5.13. The molecule has 0 unspecified atom stereocenters. The first-order valence-electron chi connectivity index (χ1n) is 8.15. The number of nitrogens with zero attached hydrogens (tertiary/aromatic N) is 1. The van der Waals surface area contributed by atoms with Gasteiger partial charge < -0.3 is 9.30 Å². The molecule has 6 heteroatoms. The van der Waals surface area contributed by atoms with E-state index in [0.29, 0.717) is 22.0 Å². The van der Waals surface area contributed by atoms with Gasteiger partial charge in [0.25, 0.3) is 0 Å². The predicted molar refractivity (Wildman–Crippen MR) is 96.2 cm³/mol. The summed E-state index contributed by atoms with van der Waals surface area (Å²) in [4.78, 5) is 25.2. The fraction of sp³-hybridized carbons (Fsp3) is 0.368. The number of halogens is 2. The van der Waals surface area contributed by atoms with Gasteiger partial charge in [0.1, 0.15) is 12.1 Å². The first-order valence-corrected chi connectivity index (χ1v) is 8.90. The zero-order chi connectivity index (χ0) is 18.1. The molecule has 25 heavy (non-hydrogen) atoms. The van der Waals surface area contributed by atoms with Gasteiger partial charge in [0.2, 0.25) is 0 Å². The van der Waals surface area contributed by atoms with E-state index in [4.69, 9.17) is 27.9 Å². The number of ketones is 1. The molecule has 0 bridgehead atoms. The highest BCUT2D eigenvalue weighted by Crippen LogP contribution is 2.51. The molecule has 1 aliphatic heterocycles. The Labute approximate surface area is 155 Å². The van der Waals surface area contributed by atoms with Crippen molar-refractivity contribution in [2.24, 2.45) is 5.41 Å². The minimum absolute atomic E-state index is 0.0708. The van der Waals surface area contributed by atoms with Crippen LogP contribution in [-0.4, -0.2) is 16.3 Å². The summed E-state index contributed by atoms with van der Waals surface area (Å²) in [7, 11) is 0. The van der Waals surface area contributed by atoms with E-state index in [9.17, 15) is 9.59 Å². The molecule has 1 aromatic heterocycles. The molecule has 0 spiro atoms. The van der Waals surface area contributed by atoms with Gasteiger partial charge in [-0.2, -0.15) is 0 Å². The summed E-state index contributed by atoms with van der Waals surface area (Å²) in [6.45, 7) is 5.70. The summed E-state index contributed by atoms with van der Waals surface area (Å²) in [5.74, 6) is -0.218. The molecular formula is C19H17Cl2NO3. The van der Waals surface area contributed by atoms with Gasteiger partial charge in [-0.15, -0.1) is 0 Å². The summed E-state index contributed by atoms with van der Waals surface area (Å²) >= 11 is 12.2. The van der Waals surface area contributed by atoms with E-state index in [1.807, 2.05) is 30.5 Å². The van der Waals surface area contributed by atoms with Crippen molar-refractivity contribution in [1.29, 1.82) is 0 Å². The van der Waals surface area contributed by atoms with E-state index >= 15 is 0 Å². The number of Topliss-reactive ketones (excluding diaryl/α,β-unsaturated/α-hetero) is 1. The minimum Gasteiger partial charge on any atom is -0.454 e. The molecule has 130 valence electrons. The van der Waals surface area contributed by atoms with Gasteiger partial charge in [0.05, 0.1) is 15.7 Å². The van der Waals surface area contributed by atoms with Crippen LogP contribution in [0.3, 0.4) is 0 Å². The Hall–Kier alpha value is -1.78. The lowest BCUT2D eigenvalue weighted by Gasteiger charge is -2.42. The zero-order valence-corrected chi connectivity index (χ0v) is 15.6. The van der Waals surface area contributed by atoms with Crippen molar-refractivity contribution in [2.75, 3.05) is 0 Å². The van der Waals surface area contributed by atoms with Crippen molar-refractivity contribution in [1.82, 2.24) is 4.57 Å². The highest BCUT2D eigenvalue weighted by molar-refractivity contribution is 6.42. The highest BCUT2D eigenvalue weighted by Gasteiger charge is 2.49. The summed E-state index contributed by atoms with van der Waals surface area (Å²) in [5, 5.41) is 0.892. The maximum atomic E-state index is 12.7. The van der Waals surface area contributed by atoms with Gasteiger partial charge in [-0.05, 0) is 30.7 Å². The zero-order valence-electron chi connectivity index (χ0n) is 14.1. The molecule has 0 saturated carbocycles. The molecule has 0 saturated heterocycles. The lowest BCUT2D eigenvalue weighted by Crippen LogP contribution is -2.41. The fourth-order valence-electron chi connectivity index (χ4n) is 3.83. The molecule has 0 fully saturated rings. The molecule has 2 aromatic rings. The van der Waals surface area contributed by atoms with Crippen molar-refractivity contribution in [2.45, 2.75) is 39.3 Å². The maximum absolute atomic E-state index is 12.7. The van der Waals surface area contributed by atoms with Crippen LogP contribution >= 0.6 is 23.2 Å². The van der Waals surface area contributed by atoms with E-state index < -0.39 is 17.6 Å². The van der Waals surface area contributed by atoms with Crippen LogP contribution in [0.4, 0.5) is 0 Å². The van der Waals surface area contributed by atoms with E-state index in [-0.39, 0.29) is 11.8 Å². The van der Waals surface area contributed by atoms with Gasteiger partial charge in [-0.1, -0.05) is 43.1 Å². The maximum Gasteiger partial charge on any atom is 0.329 e. The third kappa shape index (κ3) is 2.35. The lowest BCUT2D eigenvalue weighted by atomic mass is 9.73. The Morgan fingerprint density at radius 3 is 2.56 bits per heavy atom. The van der Waals surface area contributed by atoms with Crippen LogP contribution in [0.25, 0.3) is 11.3 Å². The second-order valence-corrected chi connectivity index (χ2v) is 8.22. The van der Waals surface area contributed by atoms with Crippen LogP contribution in [0, 0.1) is 5.41 Å². The number of ether oxygens (including phenoxy) is 1. The molecule has 1 aromatic carbocycles. The van der Waals surface area contributed by atoms with Crippen LogP contribution < -0.4 is 0 Å². The smallest absolute Gasteiger partial charge is 0.329 e. The summed E-state index contributed by atoms with van der Waals surface area (Å²) in [5.41, 5.74) is 2.57. The van der Waals surface area contributed by atoms with Crippen molar-refractivity contribution in [3.63, 3.8) is 0 Å². The largest absolute Gasteiger partial charge is 0.454 e. The average Bonchev–Trinajstić information content (AvgIpc) is 2.93. The summed E-state index contributed by atoms with van der Waals surface area (Å²) in [6.07, 6.45) is -0.0858. The lowest BCUT2D eigenvalue weighted by molar-refractivity contribution is -0.165. The predicted octanol–water partition coefficient (Wildman–Crippen LogP) is 5.23. The molecule has 2 atom stereocenters. The molecule has 0 radical (unpaired) electrons. The first kappa shape index (κ1) is 16.7. The van der Waals surface area contributed by atoms with Crippen molar-refractivity contribution < 1.29 is 14.3 Å². The van der Waals surface area contributed by atoms with Gasteiger partial charge in [-0.3, -0.25) is 4.79 Å². The first-order chi connectivity index (χ1) is 11.7. The quantitative estimate of drug-likeness (QED) is 0.638. The highest BCUT2D eigenvalue weighted by atomic mass is 35.5. The normalized spacial score (nSPS) is 24.0. The number of benzene rings is 1. The van der Waals surface area contributed by atoms with E-state index in [1.54, 1.807) is 19.1 Å². The summed E-state index contributed by atoms with van der Waals surface area (Å²) in [6, 6.07) is 6.65. The number of carbonyl (C=O) groups excluding carboxylic acids is 2. The monoisotopic (exact) mass is 377 g/mol. The van der Waals surface area contributed by atoms with Gasteiger partial charge in [0, 0.05) is 23.1 Å². The molecular weight excluding hydrogens is 361 g/mol. The topological polar surface area (TPSA) is 48.3 Å². The Morgan fingerprint density at radius 2 is 1.88 bits per heavy atom. The Kier molecular flexibility index (Phi) is 3.57. The van der Waals surface area contributed by atoms with Crippen molar-refractivity contribution >= 4 is 35.0 Å². The molecule has 0 amide bonds. The molecule has 4 nitrogen and oxygen atoms in total. The molecule has 1 aliphatic carbocycles. The minimum atomic E-state index is -0.508. The number of aromatic nitrogens is 1. The van der Waals surface area contributed by atoms with Crippen LogP contribution in [0.15, 0.2) is 24.3 Å². The van der Waals surface area contributed by atoms with E-state index in [2.05, 4.69) is 0 Å². The SMILES string of the molecule is C[C@H]1C(=O)O[C@H]2c3c(cc(-c4ccc(Cl)c(Cl)c4)n31)C(=O)CC2(C)C. The number of hydrogen-bond donors (Lipinski definition) is 0. The number of carbonyl (C=O) groups is 2. The standard InChI is InChI=1S/C19H17Cl2NO3/c1-9-18(24)25-17-16-11(15(23)8-19(17,2)3)7-14(22(9)16)10-4-5-12(20)13(21)6-10/h4-7,9,17H,8H2,1-3H3/t9-,17-/m0/s1. The van der Waals surface area contributed by atoms with Crippen molar-refractivity contribution in [3.8, 4) is 11.3 Å². The van der Waals surface area contributed by atoms with Gasteiger partial charge in [0.15, 0.2) is 5.78 Å². The average molecular weight is 378 g/mol. The molecule has 2 aliphatic rings. The van der Waals surface area contributed by atoms with Crippen LogP contribution in [-0.2, 0) is 9.53 Å². The van der Waals surface area contributed by atoms with E-state index in [1.165, 1.54) is 0 Å². The molecule has 2 heterocycles. The van der Waals surface area contributed by atoms with Crippen molar-refractivity contribution in [3.05, 3.63) is 45.6 Å². The Bertz CT molecular complexity index is 929. The molecule has 4 rings (SSSR count). The third-order valence-corrected chi connectivity index (χ3v) is 5.87. The number of esters is 1. The molecule has 0 N–H and O–H groups in total. The Morgan fingerprint density at radius 1 is 1.16 bits per heavy atom. The summed E-state index contributed by atoms with van der Waals surface area (Å²) < 4.78 is 7.62. The van der Waals surface area contributed by atoms with Crippen LogP contribution in [0.1, 0.15) is 55.4 Å². The Balaban J connectivity index is 2.01. The van der Waals surface area contributed by atoms with Gasteiger partial charge >= 0.3 is 5.97 Å². The van der Waals surface area contributed by atoms with Crippen LogP contribution in [0.2, 0.25) is 10.0 Å². The second kappa shape index (κ2) is 5.36.